The van der Waals surface area contributed by atoms with Crippen LogP contribution in [-0.4, -0.2) is 37.2 Å². The highest BCUT2D eigenvalue weighted by atomic mass is 32.2. The minimum atomic E-state index is -3.20. The maximum Gasteiger partial charge on any atom is 0.306 e. The largest absolute Gasteiger partial charge is 0.481 e. The molecule has 0 saturated heterocycles. The van der Waals surface area contributed by atoms with E-state index in [9.17, 15) is 18.0 Å². The Bertz CT molecular complexity index is 703. The third-order valence-corrected chi connectivity index (χ3v) is 6.50. The van der Waals surface area contributed by atoms with Gasteiger partial charge in [-0.05, 0) is 49.8 Å². The second-order valence-electron chi connectivity index (χ2n) is 6.50. The number of carboxylic acids is 1. The Morgan fingerprint density at radius 3 is 2.24 bits per heavy atom. The van der Waals surface area contributed by atoms with Crippen LogP contribution in [0.4, 0.5) is 0 Å². The van der Waals surface area contributed by atoms with Crippen LogP contribution in [-0.2, 0) is 25.8 Å². The monoisotopic (exact) mass is 367 g/mol. The molecule has 0 heterocycles. The molecule has 1 fully saturated rings. The fourth-order valence-electron chi connectivity index (χ4n) is 3.07. The van der Waals surface area contributed by atoms with E-state index in [2.05, 4.69) is 5.32 Å². The molecule has 138 valence electrons. The number of carbonyl (C=O) groups is 2. The molecule has 0 spiro atoms. The van der Waals surface area contributed by atoms with Crippen LogP contribution < -0.4 is 5.32 Å². The third kappa shape index (κ3) is 5.56. The highest BCUT2D eigenvalue weighted by Gasteiger charge is 2.26. The molecule has 1 aliphatic rings. The lowest BCUT2D eigenvalue weighted by Crippen LogP contribution is -2.38. The van der Waals surface area contributed by atoms with Gasteiger partial charge in [0.1, 0.15) is 0 Å². The fraction of sp³-hybridized carbons (Fsp3) is 0.556. The van der Waals surface area contributed by atoms with Crippen molar-refractivity contribution in [3.8, 4) is 0 Å². The maximum absolute atomic E-state index is 12.0. The van der Waals surface area contributed by atoms with Gasteiger partial charge in [-0.3, -0.25) is 9.59 Å². The lowest BCUT2D eigenvalue weighted by atomic mass is 9.86. The number of hydrogen-bond acceptors (Lipinski definition) is 4. The molecule has 0 aromatic heterocycles. The summed E-state index contributed by atoms with van der Waals surface area (Å²) in [6.07, 6.45) is 3.49. The van der Waals surface area contributed by atoms with Gasteiger partial charge in [-0.1, -0.05) is 19.1 Å². The molecule has 0 atom stereocenters. The second-order valence-corrected chi connectivity index (χ2v) is 8.78. The predicted octanol–water partition coefficient (Wildman–Crippen LogP) is 2.17. The summed E-state index contributed by atoms with van der Waals surface area (Å²) >= 11 is 0. The van der Waals surface area contributed by atoms with Crippen LogP contribution in [0, 0.1) is 5.92 Å². The zero-order chi connectivity index (χ0) is 18.4. The SMILES string of the molecule is CCS(=O)(=O)c1ccc(CCC(=O)NC2CCC(C(=O)O)CC2)cc1. The second kappa shape index (κ2) is 8.47. The number of nitrogens with one attached hydrogen (secondary N) is 1. The van der Waals surface area contributed by atoms with E-state index >= 15 is 0 Å². The van der Waals surface area contributed by atoms with Gasteiger partial charge < -0.3 is 10.4 Å². The minimum absolute atomic E-state index is 0.0518. The summed E-state index contributed by atoms with van der Waals surface area (Å²) < 4.78 is 23.5. The number of carbonyl (C=O) groups excluding carboxylic acids is 1. The first-order valence-corrected chi connectivity index (χ1v) is 10.3. The Balaban J connectivity index is 1.78. The topological polar surface area (TPSA) is 101 Å². The first-order chi connectivity index (χ1) is 11.8. The molecule has 1 amide bonds. The lowest BCUT2D eigenvalue weighted by molar-refractivity contribution is -0.142. The van der Waals surface area contributed by atoms with Crippen molar-refractivity contribution in [1.29, 1.82) is 0 Å². The molecule has 1 aliphatic carbocycles. The van der Waals surface area contributed by atoms with E-state index in [0.29, 0.717) is 43.4 Å². The first kappa shape index (κ1) is 19.4. The van der Waals surface area contributed by atoms with Crippen molar-refractivity contribution >= 4 is 21.7 Å². The van der Waals surface area contributed by atoms with Crippen molar-refractivity contribution in [3.05, 3.63) is 29.8 Å². The molecule has 7 heteroatoms. The average Bonchev–Trinajstić information content (AvgIpc) is 2.61. The quantitative estimate of drug-likeness (QED) is 0.769. The molecule has 2 N–H and O–H groups in total. The highest BCUT2D eigenvalue weighted by Crippen LogP contribution is 2.24. The van der Waals surface area contributed by atoms with Crippen LogP contribution in [0.2, 0.25) is 0 Å². The summed E-state index contributed by atoms with van der Waals surface area (Å²) in [6.45, 7) is 1.61. The molecule has 0 bridgehead atoms. The summed E-state index contributed by atoms with van der Waals surface area (Å²) in [5.74, 6) is -1.02. The Morgan fingerprint density at radius 1 is 1.12 bits per heavy atom. The number of aryl methyl sites for hydroxylation is 1. The normalized spacial score (nSPS) is 20.8. The van der Waals surface area contributed by atoms with Gasteiger partial charge in [0.05, 0.1) is 16.6 Å². The van der Waals surface area contributed by atoms with Gasteiger partial charge in [0.2, 0.25) is 5.91 Å². The van der Waals surface area contributed by atoms with Gasteiger partial charge in [-0.2, -0.15) is 0 Å². The van der Waals surface area contributed by atoms with E-state index in [-0.39, 0.29) is 23.6 Å². The van der Waals surface area contributed by atoms with E-state index < -0.39 is 15.8 Å². The number of sulfone groups is 1. The van der Waals surface area contributed by atoms with Crippen LogP contribution in [0.1, 0.15) is 44.6 Å². The smallest absolute Gasteiger partial charge is 0.306 e. The van der Waals surface area contributed by atoms with E-state index in [1.807, 2.05) is 0 Å². The average molecular weight is 367 g/mol. The number of carboxylic acid groups (broad SMARTS) is 1. The van der Waals surface area contributed by atoms with Crippen molar-refractivity contribution in [3.63, 3.8) is 0 Å². The van der Waals surface area contributed by atoms with E-state index in [0.717, 1.165) is 5.56 Å². The predicted molar refractivity (Wildman–Crippen MR) is 94.0 cm³/mol. The maximum atomic E-state index is 12.0. The molecule has 2 rings (SSSR count). The molecule has 6 nitrogen and oxygen atoms in total. The number of hydrogen-bond donors (Lipinski definition) is 2. The molecule has 25 heavy (non-hydrogen) atoms. The summed E-state index contributed by atoms with van der Waals surface area (Å²) in [5, 5.41) is 11.9. The molecule has 1 aromatic carbocycles. The summed E-state index contributed by atoms with van der Waals surface area (Å²) in [6, 6.07) is 6.71. The van der Waals surface area contributed by atoms with Crippen molar-refractivity contribution < 1.29 is 23.1 Å². The summed E-state index contributed by atoms with van der Waals surface area (Å²) in [4.78, 5) is 23.3. The van der Waals surface area contributed by atoms with Gasteiger partial charge in [-0.25, -0.2) is 8.42 Å². The fourth-order valence-corrected chi connectivity index (χ4v) is 3.96. The van der Waals surface area contributed by atoms with Crippen LogP contribution in [0.5, 0.6) is 0 Å². The number of benzene rings is 1. The van der Waals surface area contributed by atoms with Gasteiger partial charge >= 0.3 is 5.97 Å². The number of aliphatic carboxylic acids is 1. The van der Waals surface area contributed by atoms with Gasteiger partial charge in [-0.15, -0.1) is 0 Å². The van der Waals surface area contributed by atoms with Gasteiger partial charge in [0.15, 0.2) is 9.84 Å². The zero-order valence-corrected chi connectivity index (χ0v) is 15.2. The summed E-state index contributed by atoms with van der Waals surface area (Å²) in [7, 11) is -3.20. The summed E-state index contributed by atoms with van der Waals surface area (Å²) in [5.41, 5.74) is 0.916. The van der Waals surface area contributed by atoms with Crippen molar-refractivity contribution in [2.45, 2.75) is 56.4 Å². The van der Waals surface area contributed by atoms with Crippen LogP contribution in [0.25, 0.3) is 0 Å². The first-order valence-electron chi connectivity index (χ1n) is 8.65. The molecule has 0 aliphatic heterocycles. The van der Waals surface area contributed by atoms with Gasteiger partial charge in [0.25, 0.3) is 0 Å². The van der Waals surface area contributed by atoms with E-state index in [1.165, 1.54) is 0 Å². The molecular weight excluding hydrogens is 342 g/mol. The van der Waals surface area contributed by atoms with Crippen molar-refractivity contribution in [1.82, 2.24) is 5.32 Å². The van der Waals surface area contributed by atoms with E-state index in [1.54, 1.807) is 31.2 Å². The third-order valence-electron chi connectivity index (χ3n) is 4.74. The Labute approximate surface area is 148 Å². The molecule has 0 radical (unpaired) electrons. The lowest BCUT2D eigenvalue weighted by Gasteiger charge is -2.26. The highest BCUT2D eigenvalue weighted by molar-refractivity contribution is 7.91. The van der Waals surface area contributed by atoms with Crippen LogP contribution in [0.15, 0.2) is 29.2 Å². The minimum Gasteiger partial charge on any atom is -0.481 e. The van der Waals surface area contributed by atoms with Crippen LogP contribution >= 0.6 is 0 Å². The zero-order valence-electron chi connectivity index (χ0n) is 14.4. The van der Waals surface area contributed by atoms with Crippen molar-refractivity contribution in [2.24, 2.45) is 5.92 Å². The Hall–Kier alpha value is -1.89. The van der Waals surface area contributed by atoms with Crippen molar-refractivity contribution in [2.75, 3.05) is 5.75 Å². The molecule has 1 aromatic rings. The molecular formula is C18H25NO5S. The molecule has 1 saturated carbocycles. The number of rotatable bonds is 7. The number of amides is 1. The van der Waals surface area contributed by atoms with Crippen LogP contribution in [0.3, 0.4) is 0 Å². The Kier molecular flexibility index (Phi) is 6.58. The Morgan fingerprint density at radius 2 is 1.72 bits per heavy atom. The standard InChI is InChI=1S/C18H25NO5S/c1-2-25(23,24)16-10-3-13(4-11-16)5-12-17(20)19-15-8-6-14(7-9-15)18(21)22/h3-4,10-11,14-15H,2,5-9,12H2,1H3,(H,19,20)(H,21,22). The van der Waals surface area contributed by atoms with E-state index in [4.69, 9.17) is 5.11 Å². The van der Waals surface area contributed by atoms with Gasteiger partial charge in [0, 0.05) is 12.5 Å². The molecule has 0 unspecified atom stereocenters.